The van der Waals surface area contributed by atoms with E-state index in [1.54, 1.807) is 0 Å². The Morgan fingerprint density at radius 3 is 2.85 bits per heavy atom. The third-order valence-electron chi connectivity index (χ3n) is 4.45. The van der Waals surface area contributed by atoms with Gasteiger partial charge in [0, 0.05) is 25.6 Å². The van der Waals surface area contributed by atoms with Crippen LogP contribution in [0.2, 0.25) is 0 Å². The molecule has 0 amide bonds. The van der Waals surface area contributed by atoms with Crippen molar-refractivity contribution in [1.29, 1.82) is 0 Å². The van der Waals surface area contributed by atoms with Gasteiger partial charge in [-0.1, -0.05) is 19.0 Å². The van der Waals surface area contributed by atoms with E-state index in [0.29, 0.717) is 17.9 Å². The summed E-state index contributed by atoms with van der Waals surface area (Å²) in [5.74, 6) is 3.62. The minimum absolute atomic E-state index is 0. The second-order valence-corrected chi connectivity index (χ2v) is 6.56. The van der Waals surface area contributed by atoms with Crippen molar-refractivity contribution in [2.75, 3.05) is 13.1 Å². The first-order chi connectivity index (χ1) is 9.11. The molecule has 1 aromatic heterocycles. The Labute approximate surface area is 126 Å². The lowest BCUT2D eigenvalue weighted by atomic mass is 9.98. The summed E-state index contributed by atoms with van der Waals surface area (Å²) in [4.78, 5) is 6.89. The number of rotatable bonds is 4. The van der Waals surface area contributed by atoms with Crippen LogP contribution < -0.4 is 5.73 Å². The molecule has 1 aliphatic heterocycles. The van der Waals surface area contributed by atoms with Gasteiger partial charge < -0.3 is 10.3 Å². The van der Waals surface area contributed by atoms with Crippen LogP contribution in [0.1, 0.15) is 38.4 Å². The molecule has 1 saturated heterocycles. The van der Waals surface area contributed by atoms with E-state index in [9.17, 15) is 0 Å². The monoisotopic (exact) mass is 300 g/mol. The molecule has 0 aromatic carbocycles. The van der Waals surface area contributed by atoms with E-state index in [0.717, 1.165) is 43.7 Å². The number of halogens is 1. The van der Waals surface area contributed by atoms with Crippen LogP contribution in [0.5, 0.6) is 0 Å². The lowest BCUT2D eigenvalue weighted by molar-refractivity contribution is 0.249. The summed E-state index contributed by atoms with van der Waals surface area (Å²) in [5.41, 5.74) is 6.16. The van der Waals surface area contributed by atoms with Crippen LogP contribution in [0.25, 0.3) is 0 Å². The quantitative estimate of drug-likeness (QED) is 0.919. The molecule has 1 aromatic rings. The average molecular weight is 301 g/mol. The molecule has 2 N–H and O–H groups in total. The van der Waals surface area contributed by atoms with Crippen molar-refractivity contribution in [2.45, 2.75) is 45.7 Å². The lowest BCUT2D eigenvalue weighted by Gasteiger charge is -2.15. The van der Waals surface area contributed by atoms with Crippen molar-refractivity contribution in [1.82, 2.24) is 15.0 Å². The minimum Gasteiger partial charge on any atom is -0.338 e. The average Bonchev–Trinajstić information content (AvgIpc) is 2.99. The molecule has 1 saturated carbocycles. The van der Waals surface area contributed by atoms with Gasteiger partial charge in [0.2, 0.25) is 5.89 Å². The van der Waals surface area contributed by atoms with Crippen LogP contribution in [0.3, 0.4) is 0 Å². The summed E-state index contributed by atoms with van der Waals surface area (Å²) in [6.07, 6.45) is 3.37. The van der Waals surface area contributed by atoms with Crippen molar-refractivity contribution >= 4 is 12.4 Å². The molecule has 6 heteroatoms. The highest BCUT2D eigenvalue weighted by Gasteiger charge is 2.41. The molecule has 114 valence electrons. The molecule has 20 heavy (non-hydrogen) atoms. The highest BCUT2D eigenvalue weighted by atomic mass is 35.5. The normalized spacial score (nSPS) is 29.7. The zero-order valence-electron chi connectivity index (χ0n) is 12.3. The Balaban J connectivity index is 0.00000147. The van der Waals surface area contributed by atoms with E-state index in [2.05, 4.69) is 28.9 Å². The van der Waals surface area contributed by atoms with Crippen LogP contribution in [-0.4, -0.2) is 34.2 Å². The van der Waals surface area contributed by atoms with Gasteiger partial charge in [-0.3, -0.25) is 4.90 Å². The fourth-order valence-corrected chi connectivity index (χ4v) is 3.52. The number of hydrogen-bond acceptors (Lipinski definition) is 5. The molecular weight excluding hydrogens is 276 g/mol. The fraction of sp³-hybridized carbons (Fsp3) is 0.857. The number of aromatic nitrogens is 2. The van der Waals surface area contributed by atoms with E-state index in [1.807, 2.05) is 0 Å². The standard InChI is InChI=1S/C14H24N4O.ClH/c1-9(2)5-13-16-14(19-17-13)8-18-6-10-3-4-12(15)11(10)7-18;/h9-12H,3-8,15H2,1-2H3;1H. The first kappa shape index (κ1) is 15.7. The Kier molecular flexibility index (Phi) is 5.04. The third kappa shape index (κ3) is 3.32. The smallest absolute Gasteiger partial charge is 0.240 e. The van der Waals surface area contributed by atoms with Crippen molar-refractivity contribution in [3.8, 4) is 0 Å². The maximum atomic E-state index is 6.16. The maximum Gasteiger partial charge on any atom is 0.240 e. The predicted octanol–water partition coefficient (Wildman–Crippen LogP) is 1.86. The molecule has 5 nitrogen and oxygen atoms in total. The van der Waals surface area contributed by atoms with Gasteiger partial charge >= 0.3 is 0 Å². The summed E-state index contributed by atoms with van der Waals surface area (Å²) in [5, 5.41) is 4.05. The summed E-state index contributed by atoms with van der Waals surface area (Å²) in [6.45, 7) is 7.34. The topological polar surface area (TPSA) is 68.2 Å². The van der Waals surface area contributed by atoms with Gasteiger partial charge in [-0.05, 0) is 30.6 Å². The van der Waals surface area contributed by atoms with Gasteiger partial charge in [-0.15, -0.1) is 12.4 Å². The number of fused-ring (bicyclic) bond motifs is 1. The van der Waals surface area contributed by atoms with Crippen LogP contribution in [-0.2, 0) is 13.0 Å². The van der Waals surface area contributed by atoms with E-state index >= 15 is 0 Å². The van der Waals surface area contributed by atoms with E-state index in [-0.39, 0.29) is 12.4 Å². The van der Waals surface area contributed by atoms with Crippen LogP contribution in [0.15, 0.2) is 4.52 Å². The second-order valence-electron chi connectivity index (χ2n) is 6.56. The zero-order valence-corrected chi connectivity index (χ0v) is 13.1. The van der Waals surface area contributed by atoms with Crippen LogP contribution >= 0.6 is 12.4 Å². The lowest BCUT2D eigenvalue weighted by Crippen LogP contribution is -2.30. The predicted molar refractivity (Wildman–Crippen MR) is 79.6 cm³/mol. The molecular formula is C14H25ClN4O. The van der Waals surface area contributed by atoms with Crippen LogP contribution in [0.4, 0.5) is 0 Å². The Bertz CT molecular complexity index is 437. The molecule has 0 bridgehead atoms. The van der Waals surface area contributed by atoms with E-state index in [4.69, 9.17) is 10.3 Å². The number of nitrogens with two attached hydrogens (primary N) is 1. The van der Waals surface area contributed by atoms with Gasteiger partial charge in [0.05, 0.1) is 6.54 Å². The van der Waals surface area contributed by atoms with Gasteiger partial charge in [0.15, 0.2) is 5.82 Å². The van der Waals surface area contributed by atoms with Crippen molar-refractivity contribution < 1.29 is 4.52 Å². The minimum atomic E-state index is 0. The SMILES string of the molecule is CC(C)Cc1noc(CN2CC3CCC(N)C3C2)n1.Cl. The summed E-state index contributed by atoms with van der Waals surface area (Å²) in [7, 11) is 0. The highest BCUT2D eigenvalue weighted by Crippen LogP contribution is 2.37. The first-order valence-corrected chi connectivity index (χ1v) is 7.41. The molecule has 3 unspecified atom stereocenters. The van der Waals surface area contributed by atoms with E-state index in [1.165, 1.54) is 12.8 Å². The molecule has 2 aliphatic rings. The molecule has 2 heterocycles. The van der Waals surface area contributed by atoms with Crippen molar-refractivity contribution in [3.63, 3.8) is 0 Å². The summed E-state index contributed by atoms with van der Waals surface area (Å²) < 4.78 is 5.34. The Morgan fingerprint density at radius 2 is 2.15 bits per heavy atom. The number of nitrogens with zero attached hydrogens (tertiary/aromatic N) is 3. The second kappa shape index (κ2) is 6.41. The molecule has 0 spiro atoms. The molecule has 1 aliphatic carbocycles. The van der Waals surface area contributed by atoms with Gasteiger partial charge in [0.1, 0.15) is 0 Å². The largest absolute Gasteiger partial charge is 0.338 e. The number of hydrogen-bond donors (Lipinski definition) is 1. The fourth-order valence-electron chi connectivity index (χ4n) is 3.52. The van der Waals surface area contributed by atoms with Crippen molar-refractivity contribution in [3.05, 3.63) is 11.7 Å². The highest BCUT2D eigenvalue weighted by molar-refractivity contribution is 5.85. The summed E-state index contributed by atoms with van der Waals surface area (Å²) in [6, 6.07) is 0.397. The zero-order chi connectivity index (χ0) is 13.4. The number of likely N-dealkylation sites (tertiary alicyclic amines) is 1. The molecule has 2 fully saturated rings. The Hall–Kier alpha value is -0.650. The maximum absolute atomic E-state index is 6.16. The first-order valence-electron chi connectivity index (χ1n) is 7.41. The van der Waals surface area contributed by atoms with Gasteiger partial charge in [-0.25, -0.2) is 0 Å². The third-order valence-corrected chi connectivity index (χ3v) is 4.45. The molecule has 0 radical (unpaired) electrons. The summed E-state index contributed by atoms with van der Waals surface area (Å²) >= 11 is 0. The van der Waals surface area contributed by atoms with Gasteiger partial charge in [0.25, 0.3) is 0 Å². The van der Waals surface area contributed by atoms with Crippen LogP contribution in [0, 0.1) is 17.8 Å². The Morgan fingerprint density at radius 1 is 1.35 bits per heavy atom. The molecule has 3 rings (SSSR count). The van der Waals surface area contributed by atoms with Crippen molar-refractivity contribution in [2.24, 2.45) is 23.5 Å². The van der Waals surface area contributed by atoms with Gasteiger partial charge in [-0.2, -0.15) is 4.98 Å². The molecule has 3 atom stereocenters. The van der Waals surface area contributed by atoms with E-state index < -0.39 is 0 Å².